The molecule has 1 aromatic heterocycles. The van der Waals surface area contributed by atoms with Crippen LogP contribution >= 0.6 is 27.3 Å². The van der Waals surface area contributed by atoms with Crippen molar-refractivity contribution in [2.75, 3.05) is 6.61 Å². The zero-order valence-electron chi connectivity index (χ0n) is 10.9. The Balaban J connectivity index is 2.02. The second-order valence-corrected chi connectivity index (χ2v) is 6.33. The summed E-state index contributed by atoms with van der Waals surface area (Å²) in [6.07, 6.45) is 0.962. The summed E-state index contributed by atoms with van der Waals surface area (Å²) in [5.41, 5.74) is 1.02. The van der Waals surface area contributed by atoms with E-state index in [-0.39, 0.29) is 12.4 Å². The third kappa shape index (κ3) is 3.67. The van der Waals surface area contributed by atoms with Gasteiger partial charge in [0.15, 0.2) is 6.61 Å². The van der Waals surface area contributed by atoms with E-state index in [1.165, 1.54) is 4.88 Å². The lowest BCUT2D eigenvalue weighted by Crippen LogP contribution is -2.10. The number of thiophene rings is 1. The van der Waals surface area contributed by atoms with Crippen LogP contribution in [0.1, 0.15) is 27.0 Å². The summed E-state index contributed by atoms with van der Waals surface area (Å²) in [6.45, 7) is 4.13. The first-order valence-corrected chi connectivity index (χ1v) is 7.72. The Morgan fingerprint density at radius 2 is 2.11 bits per heavy atom. The second-order valence-electron chi connectivity index (χ2n) is 4.24. The van der Waals surface area contributed by atoms with Crippen LogP contribution in [0.5, 0.6) is 5.75 Å². The first kappa shape index (κ1) is 14.3. The molecule has 4 heteroatoms. The van der Waals surface area contributed by atoms with Crippen molar-refractivity contribution < 1.29 is 9.53 Å². The highest BCUT2D eigenvalue weighted by Crippen LogP contribution is 2.23. The number of carbonyl (C=O) groups is 1. The Hall–Kier alpha value is -1.13. The van der Waals surface area contributed by atoms with Crippen molar-refractivity contribution in [1.82, 2.24) is 0 Å². The fourth-order valence-corrected chi connectivity index (χ4v) is 2.87. The summed E-state index contributed by atoms with van der Waals surface area (Å²) < 4.78 is 6.55. The molecule has 0 aliphatic carbocycles. The molecule has 0 N–H and O–H groups in total. The Bertz CT molecular complexity index is 590. The maximum atomic E-state index is 12.0. The molecule has 0 bridgehead atoms. The number of ketones is 1. The maximum Gasteiger partial charge on any atom is 0.210 e. The van der Waals surface area contributed by atoms with Crippen molar-refractivity contribution in [1.29, 1.82) is 0 Å². The van der Waals surface area contributed by atoms with E-state index in [2.05, 4.69) is 22.9 Å². The van der Waals surface area contributed by atoms with Gasteiger partial charge in [0.2, 0.25) is 5.78 Å². The molecule has 0 spiro atoms. The van der Waals surface area contributed by atoms with Crippen molar-refractivity contribution in [3.05, 3.63) is 50.1 Å². The molecule has 100 valence electrons. The molecule has 2 nitrogen and oxygen atoms in total. The molecule has 0 saturated carbocycles. The molecule has 0 aliphatic heterocycles. The molecule has 0 saturated heterocycles. The number of rotatable bonds is 5. The van der Waals surface area contributed by atoms with Gasteiger partial charge in [0.1, 0.15) is 5.75 Å². The van der Waals surface area contributed by atoms with Gasteiger partial charge in [0.25, 0.3) is 0 Å². The van der Waals surface area contributed by atoms with E-state index in [0.717, 1.165) is 27.1 Å². The third-order valence-corrected chi connectivity index (χ3v) is 4.56. The average Bonchev–Trinajstić information content (AvgIpc) is 2.88. The number of carbonyl (C=O) groups excluding carboxylic acids is 1. The first-order valence-electron chi connectivity index (χ1n) is 6.11. The van der Waals surface area contributed by atoms with Gasteiger partial charge in [-0.2, -0.15) is 0 Å². The second kappa shape index (κ2) is 6.35. The molecule has 0 radical (unpaired) electrons. The van der Waals surface area contributed by atoms with Gasteiger partial charge in [-0.3, -0.25) is 4.79 Å². The summed E-state index contributed by atoms with van der Waals surface area (Å²) in [5, 5.41) is 0. The third-order valence-electron chi connectivity index (χ3n) is 2.79. The minimum absolute atomic E-state index is 0.0316. The summed E-state index contributed by atoms with van der Waals surface area (Å²) in [7, 11) is 0. The lowest BCUT2D eigenvalue weighted by molar-refractivity contribution is 0.0925. The van der Waals surface area contributed by atoms with Gasteiger partial charge in [0.05, 0.1) is 4.88 Å². The molecule has 0 fully saturated rings. The van der Waals surface area contributed by atoms with E-state index in [0.29, 0.717) is 0 Å². The summed E-state index contributed by atoms with van der Waals surface area (Å²) in [6, 6.07) is 9.68. The lowest BCUT2D eigenvalue weighted by Gasteiger charge is -2.08. The number of halogens is 1. The zero-order chi connectivity index (χ0) is 13.8. The van der Waals surface area contributed by atoms with Crippen molar-refractivity contribution in [2.45, 2.75) is 20.3 Å². The van der Waals surface area contributed by atoms with E-state index in [9.17, 15) is 4.79 Å². The van der Waals surface area contributed by atoms with Gasteiger partial charge in [-0.05, 0) is 43.2 Å². The van der Waals surface area contributed by atoms with Crippen LogP contribution in [-0.2, 0) is 6.42 Å². The monoisotopic (exact) mass is 338 g/mol. The number of ether oxygens (including phenoxy) is 1. The number of hydrogen-bond donors (Lipinski definition) is 0. The number of Topliss-reactive ketones (excluding diaryl/α,β-unsaturated/α-hetero) is 1. The normalized spacial score (nSPS) is 10.5. The fraction of sp³-hybridized carbons (Fsp3) is 0.267. The highest BCUT2D eigenvalue weighted by Gasteiger charge is 2.10. The predicted octanol–water partition coefficient (Wildman–Crippen LogP) is 4.64. The van der Waals surface area contributed by atoms with Crippen LogP contribution in [0.2, 0.25) is 0 Å². The Labute approximate surface area is 125 Å². The molecule has 0 atom stereocenters. The van der Waals surface area contributed by atoms with E-state index in [1.54, 1.807) is 11.3 Å². The first-order chi connectivity index (χ1) is 9.10. The van der Waals surface area contributed by atoms with Crippen LogP contribution < -0.4 is 4.74 Å². The fourth-order valence-electron chi connectivity index (χ4n) is 1.66. The van der Waals surface area contributed by atoms with Gasteiger partial charge < -0.3 is 4.74 Å². The van der Waals surface area contributed by atoms with Crippen LogP contribution in [-0.4, -0.2) is 12.4 Å². The largest absolute Gasteiger partial charge is 0.485 e. The van der Waals surface area contributed by atoms with Gasteiger partial charge in [-0.15, -0.1) is 11.3 Å². The Morgan fingerprint density at radius 3 is 2.79 bits per heavy atom. The SMILES string of the molecule is CCc1ccc(C(=O)COc2cc(Br)ccc2C)s1. The van der Waals surface area contributed by atoms with Crippen LogP contribution in [0.15, 0.2) is 34.8 Å². The van der Waals surface area contributed by atoms with Gasteiger partial charge >= 0.3 is 0 Å². The Morgan fingerprint density at radius 1 is 1.32 bits per heavy atom. The van der Waals surface area contributed by atoms with E-state index in [4.69, 9.17) is 4.74 Å². The molecule has 2 rings (SSSR count). The lowest BCUT2D eigenvalue weighted by atomic mass is 10.2. The maximum absolute atomic E-state index is 12.0. The van der Waals surface area contributed by atoms with Crippen molar-refractivity contribution in [3.63, 3.8) is 0 Å². The van der Waals surface area contributed by atoms with Crippen molar-refractivity contribution >= 4 is 33.0 Å². The highest BCUT2D eigenvalue weighted by molar-refractivity contribution is 9.10. The van der Waals surface area contributed by atoms with Crippen molar-refractivity contribution in [3.8, 4) is 5.75 Å². The van der Waals surface area contributed by atoms with Gasteiger partial charge in [-0.1, -0.05) is 28.9 Å². The van der Waals surface area contributed by atoms with Crippen LogP contribution in [0.4, 0.5) is 0 Å². The molecule has 19 heavy (non-hydrogen) atoms. The highest BCUT2D eigenvalue weighted by atomic mass is 79.9. The van der Waals surface area contributed by atoms with Crippen LogP contribution in [0.3, 0.4) is 0 Å². The van der Waals surface area contributed by atoms with Crippen molar-refractivity contribution in [2.24, 2.45) is 0 Å². The molecular weight excluding hydrogens is 324 g/mol. The number of hydrogen-bond acceptors (Lipinski definition) is 3. The number of aryl methyl sites for hydroxylation is 2. The van der Waals surface area contributed by atoms with Gasteiger partial charge in [0, 0.05) is 9.35 Å². The quantitative estimate of drug-likeness (QED) is 0.742. The van der Waals surface area contributed by atoms with Crippen LogP contribution in [0, 0.1) is 6.92 Å². The molecular formula is C15H15BrO2S. The minimum atomic E-state index is 0.0316. The smallest absolute Gasteiger partial charge is 0.210 e. The van der Waals surface area contributed by atoms with Crippen LogP contribution in [0.25, 0.3) is 0 Å². The van der Waals surface area contributed by atoms with Gasteiger partial charge in [-0.25, -0.2) is 0 Å². The summed E-state index contributed by atoms with van der Waals surface area (Å²) in [5.74, 6) is 0.777. The predicted molar refractivity (Wildman–Crippen MR) is 82.4 cm³/mol. The molecule has 0 unspecified atom stereocenters. The topological polar surface area (TPSA) is 26.3 Å². The van der Waals surface area contributed by atoms with E-state index >= 15 is 0 Å². The summed E-state index contributed by atoms with van der Waals surface area (Å²) in [4.78, 5) is 14.0. The number of benzene rings is 1. The summed E-state index contributed by atoms with van der Waals surface area (Å²) >= 11 is 4.94. The van der Waals surface area contributed by atoms with E-state index in [1.807, 2.05) is 37.3 Å². The molecule has 1 heterocycles. The average molecular weight is 339 g/mol. The minimum Gasteiger partial charge on any atom is -0.485 e. The standard InChI is InChI=1S/C15H15BrO2S/c1-3-12-6-7-15(19-12)13(17)9-18-14-8-11(16)5-4-10(14)2/h4-8H,3,9H2,1-2H3. The molecule has 1 aromatic carbocycles. The Kier molecular flexibility index (Phi) is 4.77. The molecule has 0 aliphatic rings. The molecule has 2 aromatic rings. The molecule has 0 amide bonds. The van der Waals surface area contributed by atoms with E-state index < -0.39 is 0 Å². The zero-order valence-corrected chi connectivity index (χ0v) is 13.3.